The topological polar surface area (TPSA) is 24.5 Å². The maximum atomic E-state index is 6.10. The van der Waals surface area contributed by atoms with Gasteiger partial charge in [0.05, 0.1) is 12.1 Å². The molecule has 1 aromatic carbocycles. The van der Waals surface area contributed by atoms with E-state index in [2.05, 4.69) is 23.3 Å². The number of benzene rings is 1. The molecule has 0 spiro atoms. The third-order valence-electron chi connectivity index (χ3n) is 3.35. The smallest absolute Gasteiger partial charge is 0.137 e. The molecule has 17 heavy (non-hydrogen) atoms. The summed E-state index contributed by atoms with van der Waals surface area (Å²) in [4.78, 5) is 2.40. The van der Waals surface area contributed by atoms with Gasteiger partial charge in [0.25, 0.3) is 0 Å². The minimum atomic E-state index is 0.693. The van der Waals surface area contributed by atoms with Gasteiger partial charge in [0.2, 0.25) is 0 Å². The van der Waals surface area contributed by atoms with Crippen molar-refractivity contribution in [2.75, 3.05) is 33.8 Å². The molecule has 1 saturated heterocycles. The quantitative estimate of drug-likeness (QED) is 0.867. The predicted molar refractivity (Wildman–Crippen MR) is 71.0 cm³/mol. The van der Waals surface area contributed by atoms with Crippen LogP contribution in [0.1, 0.15) is 5.56 Å². The molecule has 0 bridgehead atoms. The van der Waals surface area contributed by atoms with Crippen molar-refractivity contribution in [2.24, 2.45) is 0 Å². The van der Waals surface area contributed by atoms with Gasteiger partial charge in [0, 0.05) is 25.7 Å². The molecule has 1 heterocycles. The summed E-state index contributed by atoms with van der Waals surface area (Å²) >= 11 is 6.10. The standard InChI is InChI=1S/C13H19ClN2O/c1-16(11-8-15-9-11)6-5-10-3-4-13(17-2)12(14)7-10/h3-4,7,11,15H,5-6,8-9H2,1-2H3. The number of likely N-dealkylation sites (N-methyl/N-ethyl adjacent to an activating group) is 1. The SMILES string of the molecule is COc1ccc(CCN(C)C2CNC2)cc1Cl. The second-order valence-corrected chi connectivity index (χ2v) is 4.92. The van der Waals surface area contributed by atoms with Crippen LogP contribution < -0.4 is 10.1 Å². The van der Waals surface area contributed by atoms with E-state index in [0.717, 1.165) is 31.8 Å². The van der Waals surface area contributed by atoms with Crippen LogP contribution in [0.2, 0.25) is 5.02 Å². The third kappa shape index (κ3) is 3.12. The molecule has 3 nitrogen and oxygen atoms in total. The van der Waals surface area contributed by atoms with Crippen molar-refractivity contribution in [3.63, 3.8) is 0 Å². The lowest BCUT2D eigenvalue weighted by Gasteiger charge is -2.35. The van der Waals surface area contributed by atoms with Gasteiger partial charge < -0.3 is 15.0 Å². The number of nitrogens with one attached hydrogen (secondary N) is 1. The molecule has 4 heteroatoms. The highest BCUT2D eigenvalue weighted by atomic mass is 35.5. The molecule has 1 fully saturated rings. The van der Waals surface area contributed by atoms with Crippen molar-refractivity contribution in [2.45, 2.75) is 12.5 Å². The van der Waals surface area contributed by atoms with Crippen molar-refractivity contribution in [3.8, 4) is 5.75 Å². The number of halogens is 1. The Morgan fingerprint density at radius 2 is 2.24 bits per heavy atom. The molecule has 0 radical (unpaired) electrons. The molecule has 94 valence electrons. The number of methoxy groups -OCH3 is 1. The first-order valence-corrected chi connectivity index (χ1v) is 6.32. The molecule has 0 unspecified atom stereocenters. The summed E-state index contributed by atoms with van der Waals surface area (Å²) < 4.78 is 5.14. The van der Waals surface area contributed by atoms with E-state index >= 15 is 0 Å². The number of hydrogen-bond donors (Lipinski definition) is 1. The highest BCUT2D eigenvalue weighted by molar-refractivity contribution is 6.32. The summed E-state index contributed by atoms with van der Waals surface area (Å²) in [6.45, 7) is 3.29. The molecular formula is C13H19ClN2O. The molecule has 1 aromatic rings. The van der Waals surface area contributed by atoms with Crippen LogP contribution in [0.5, 0.6) is 5.75 Å². The first-order chi connectivity index (χ1) is 8.20. The highest BCUT2D eigenvalue weighted by Gasteiger charge is 2.20. The lowest BCUT2D eigenvalue weighted by atomic mass is 10.1. The van der Waals surface area contributed by atoms with Crippen LogP contribution in [0.25, 0.3) is 0 Å². The third-order valence-corrected chi connectivity index (χ3v) is 3.65. The zero-order chi connectivity index (χ0) is 12.3. The molecule has 0 saturated carbocycles. The summed E-state index contributed by atoms with van der Waals surface area (Å²) in [5.41, 5.74) is 1.26. The molecule has 0 amide bonds. The Morgan fingerprint density at radius 1 is 1.47 bits per heavy atom. The monoisotopic (exact) mass is 254 g/mol. The van der Waals surface area contributed by atoms with E-state index in [1.54, 1.807) is 7.11 Å². The van der Waals surface area contributed by atoms with E-state index < -0.39 is 0 Å². The Balaban J connectivity index is 1.87. The van der Waals surface area contributed by atoms with Crippen LogP contribution in [0.15, 0.2) is 18.2 Å². The Kier molecular flexibility index (Phi) is 4.26. The second kappa shape index (κ2) is 5.71. The summed E-state index contributed by atoms with van der Waals surface area (Å²) in [6, 6.07) is 6.71. The van der Waals surface area contributed by atoms with E-state index in [1.807, 2.05) is 12.1 Å². The van der Waals surface area contributed by atoms with Gasteiger partial charge in [-0.15, -0.1) is 0 Å². The maximum Gasteiger partial charge on any atom is 0.137 e. The maximum absolute atomic E-state index is 6.10. The summed E-state index contributed by atoms with van der Waals surface area (Å²) in [6.07, 6.45) is 1.02. The van der Waals surface area contributed by atoms with Crippen LogP contribution in [0.3, 0.4) is 0 Å². The average molecular weight is 255 g/mol. The van der Waals surface area contributed by atoms with Gasteiger partial charge in [-0.2, -0.15) is 0 Å². The fraction of sp³-hybridized carbons (Fsp3) is 0.538. The van der Waals surface area contributed by atoms with Crippen molar-refractivity contribution < 1.29 is 4.74 Å². The predicted octanol–water partition coefficient (Wildman–Crippen LogP) is 1.79. The molecule has 2 rings (SSSR count). The normalized spacial score (nSPS) is 16.0. The fourth-order valence-corrected chi connectivity index (χ4v) is 2.22. The minimum Gasteiger partial charge on any atom is -0.495 e. The molecule has 1 N–H and O–H groups in total. The van der Waals surface area contributed by atoms with Gasteiger partial charge in [-0.05, 0) is 31.2 Å². The second-order valence-electron chi connectivity index (χ2n) is 4.51. The van der Waals surface area contributed by atoms with Crippen LogP contribution in [0.4, 0.5) is 0 Å². The lowest BCUT2D eigenvalue weighted by molar-refractivity contribution is 0.182. The molecule has 1 aliphatic rings. The molecule has 0 aliphatic carbocycles. The lowest BCUT2D eigenvalue weighted by Crippen LogP contribution is -2.56. The average Bonchev–Trinajstić information content (AvgIpc) is 2.24. The number of nitrogens with zero attached hydrogens (tertiary/aromatic N) is 1. The zero-order valence-electron chi connectivity index (χ0n) is 10.4. The number of rotatable bonds is 5. The zero-order valence-corrected chi connectivity index (χ0v) is 11.1. The number of hydrogen-bond acceptors (Lipinski definition) is 3. The van der Waals surface area contributed by atoms with Gasteiger partial charge in [-0.1, -0.05) is 17.7 Å². The summed E-state index contributed by atoms with van der Waals surface area (Å²) in [7, 11) is 3.81. The van der Waals surface area contributed by atoms with Crippen molar-refractivity contribution in [1.29, 1.82) is 0 Å². The Labute approximate surface area is 108 Å². The van der Waals surface area contributed by atoms with E-state index in [9.17, 15) is 0 Å². The van der Waals surface area contributed by atoms with Crippen molar-refractivity contribution >= 4 is 11.6 Å². The first kappa shape index (κ1) is 12.7. The Hall–Kier alpha value is -0.770. The van der Waals surface area contributed by atoms with Gasteiger partial charge in [-0.3, -0.25) is 0 Å². The number of ether oxygens (including phenoxy) is 1. The van der Waals surface area contributed by atoms with Gasteiger partial charge in [-0.25, -0.2) is 0 Å². The molecule has 0 aromatic heterocycles. The van der Waals surface area contributed by atoms with E-state index in [-0.39, 0.29) is 0 Å². The van der Waals surface area contributed by atoms with Crippen LogP contribution >= 0.6 is 11.6 Å². The van der Waals surface area contributed by atoms with E-state index in [1.165, 1.54) is 5.56 Å². The first-order valence-electron chi connectivity index (χ1n) is 5.94. The van der Waals surface area contributed by atoms with Crippen LogP contribution in [-0.2, 0) is 6.42 Å². The minimum absolute atomic E-state index is 0.693. The molecular weight excluding hydrogens is 236 g/mol. The fourth-order valence-electron chi connectivity index (χ4n) is 1.94. The highest BCUT2D eigenvalue weighted by Crippen LogP contribution is 2.25. The van der Waals surface area contributed by atoms with Crippen LogP contribution in [0, 0.1) is 0 Å². The van der Waals surface area contributed by atoms with Gasteiger partial charge in [0.15, 0.2) is 0 Å². The van der Waals surface area contributed by atoms with E-state index in [0.29, 0.717) is 11.1 Å². The van der Waals surface area contributed by atoms with Gasteiger partial charge >= 0.3 is 0 Å². The summed E-state index contributed by atoms with van der Waals surface area (Å²) in [5.74, 6) is 0.743. The Bertz CT molecular complexity index is 380. The van der Waals surface area contributed by atoms with E-state index in [4.69, 9.17) is 16.3 Å². The van der Waals surface area contributed by atoms with Crippen molar-refractivity contribution in [3.05, 3.63) is 28.8 Å². The molecule has 0 atom stereocenters. The molecule has 1 aliphatic heterocycles. The van der Waals surface area contributed by atoms with Crippen molar-refractivity contribution in [1.82, 2.24) is 10.2 Å². The summed E-state index contributed by atoms with van der Waals surface area (Å²) in [5, 5.41) is 3.98. The van der Waals surface area contributed by atoms with Crippen LogP contribution in [-0.4, -0.2) is 44.7 Å². The Morgan fingerprint density at radius 3 is 2.76 bits per heavy atom. The largest absolute Gasteiger partial charge is 0.495 e. The van der Waals surface area contributed by atoms with Gasteiger partial charge in [0.1, 0.15) is 5.75 Å².